The Morgan fingerprint density at radius 2 is 2.06 bits per heavy atom. The summed E-state index contributed by atoms with van der Waals surface area (Å²) in [6.45, 7) is 0. The first-order valence-corrected chi connectivity index (χ1v) is 4.62. The van der Waals surface area contributed by atoms with Gasteiger partial charge >= 0.3 is 0 Å². The van der Waals surface area contributed by atoms with Gasteiger partial charge in [0, 0.05) is 23.0 Å². The van der Waals surface area contributed by atoms with E-state index < -0.39 is 5.82 Å². The van der Waals surface area contributed by atoms with E-state index in [1.165, 1.54) is 12.3 Å². The Balaban J connectivity index is 2.47. The maximum atomic E-state index is 13.5. The first kappa shape index (κ1) is 10.1. The number of nitriles is 1. The molecule has 0 aliphatic heterocycles. The molecule has 1 aromatic heterocycles. The van der Waals surface area contributed by atoms with Crippen molar-refractivity contribution in [2.24, 2.45) is 0 Å². The van der Waals surface area contributed by atoms with Gasteiger partial charge < -0.3 is 5.73 Å². The molecule has 1 aromatic carbocycles. The van der Waals surface area contributed by atoms with E-state index in [-0.39, 0.29) is 0 Å². The van der Waals surface area contributed by atoms with Gasteiger partial charge in [-0.3, -0.25) is 0 Å². The van der Waals surface area contributed by atoms with Gasteiger partial charge in [0.1, 0.15) is 17.6 Å². The lowest BCUT2D eigenvalue weighted by molar-refractivity contribution is 0.632. The van der Waals surface area contributed by atoms with E-state index >= 15 is 0 Å². The van der Waals surface area contributed by atoms with Gasteiger partial charge in [-0.2, -0.15) is 5.26 Å². The van der Waals surface area contributed by atoms with E-state index in [9.17, 15) is 4.39 Å². The van der Waals surface area contributed by atoms with E-state index in [4.69, 9.17) is 11.0 Å². The first-order valence-electron chi connectivity index (χ1n) is 4.62. The molecule has 1 heterocycles. The average Bonchev–Trinajstić information content (AvgIpc) is 2.29. The highest BCUT2D eigenvalue weighted by Gasteiger charge is 2.05. The monoisotopic (exact) mass is 213 g/mol. The molecule has 0 unspecified atom stereocenters. The molecule has 2 rings (SSSR count). The van der Waals surface area contributed by atoms with Crippen LogP contribution in [0.3, 0.4) is 0 Å². The molecule has 0 aliphatic rings. The van der Waals surface area contributed by atoms with Crippen molar-refractivity contribution in [1.82, 2.24) is 4.98 Å². The zero-order chi connectivity index (χ0) is 11.5. The van der Waals surface area contributed by atoms with Crippen molar-refractivity contribution < 1.29 is 4.39 Å². The third-order valence-electron chi connectivity index (χ3n) is 2.18. The van der Waals surface area contributed by atoms with Crippen LogP contribution in [0, 0.1) is 17.1 Å². The lowest BCUT2D eigenvalue weighted by Crippen LogP contribution is -1.90. The third-order valence-corrected chi connectivity index (χ3v) is 2.18. The summed E-state index contributed by atoms with van der Waals surface area (Å²) < 4.78 is 13.5. The van der Waals surface area contributed by atoms with Crippen molar-refractivity contribution in [3.63, 3.8) is 0 Å². The minimum Gasteiger partial charge on any atom is -0.399 e. The summed E-state index contributed by atoms with van der Waals surface area (Å²) in [6, 6.07) is 9.57. The van der Waals surface area contributed by atoms with Crippen molar-refractivity contribution in [2.45, 2.75) is 0 Å². The summed E-state index contributed by atoms with van der Waals surface area (Å²) in [7, 11) is 0. The van der Waals surface area contributed by atoms with Gasteiger partial charge in [0.25, 0.3) is 0 Å². The minimum absolute atomic E-state index is 0.305. The van der Waals surface area contributed by atoms with E-state index in [2.05, 4.69) is 4.98 Å². The number of hydrogen-bond donors (Lipinski definition) is 1. The SMILES string of the molecule is N#Cc1ccc(-c2ccc(N)cc2F)cn1. The number of anilines is 1. The fourth-order valence-corrected chi connectivity index (χ4v) is 1.38. The second-order valence-electron chi connectivity index (χ2n) is 3.28. The number of nitrogens with two attached hydrogens (primary N) is 1. The van der Waals surface area contributed by atoms with E-state index in [0.29, 0.717) is 22.5 Å². The van der Waals surface area contributed by atoms with Gasteiger partial charge in [-0.1, -0.05) is 0 Å². The second-order valence-corrected chi connectivity index (χ2v) is 3.28. The summed E-state index contributed by atoms with van der Waals surface area (Å²) in [5, 5.41) is 8.59. The zero-order valence-electron chi connectivity index (χ0n) is 8.31. The molecule has 0 fully saturated rings. The topological polar surface area (TPSA) is 62.7 Å². The smallest absolute Gasteiger partial charge is 0.140 e. The Kier molecular flexibility index (Phi) is 2.52. The van der Waals surface area contributed by atoms with Gasteiger partial charge in [-0.15, -0.1) is 0 Å². The highest BCUT2D eigenvalue weighted by Crippen LogP contribution is 2.23. The van der Waals surface area contributed by atoms with Crippen LogP contribution in [0.25, 0.3) is 11.1 Å². The number of pyridine rings is 1. The molecule has 0 bridgehead atoms. The Labute approximate surface area is 92.0 Å². The molecule has 0 radical (unpaired) electrons. The molecule has 0 amide bonds. The Morgan fingerprint density at radius 3 is 2.62 bits per heavy atom. The molecule has 2 aromatic rings. The van der Waals surface area contributed by atoms with Crippen LogP contribution in [0.2, 0.25) is 0 Å². The summed E-state index contributed by atoms with van der Waals surface area (Å²) in [5.41, 5.74) is 7.18. The summed E-state index contributed by atoms with van der Waals surface area (Å²) >= 11 is 0. The molecule has 0 atom stereocenters. The maximum Gasteiger partial charge on any atom is 0.140 e. The van der Waals surface area contributed by atoms with E-state index in [0.717, 1.165) is 0 Å². The largest absolute Gasteiger partial charge is 0.399 e. The number of nitrogen functional groups attached to an aromatic ring is 1. The second kappa shape index (κ2) is 3.99. The molecule has 4 heteroatoms. The Bertz CT molecular complexity index is 555. The Hall–Kier alpha value is -2.41. The molecule has 0 saturated heterocycles. The van der Waals surface area contributed by atoms with Gasteiger partial charge in [0.15, 0.2) is 0 Å². The fourth-order valence-electron chi connectivity index (χ4n) is 1.38. The predicted molar refractivity (Wildman–Crippen MR) is 58.8 cm³/mol. The number of halogens is 1. The lowest BCUT2D eigenvalue weighted by Gasteiger charge is -2.03. The molecule has 78 valence electrons. The van der Waals surface area contributed by atoms with Crippen LogP contribution in [0.15, 0.2) is 36.5 Å². The molecular weight excluding hydrogens is 205 g/mol. The first-order chi connectivity index (χ1) is 7.70. The Morgan fingerprint density at radius 1 is 1.25 bits per heavy atom. The summed E-state index contributed by atoms with van der Waals surface area (Å²) in [6.07, 6.45) is 1.47. The van der Waals surface area contributed by atoms with Crippen LogP contribution in [-0.2, 0) is 0 Å². The number of aromatic nitrogens is 1. The number of rotatable bonds is 1. The minimum atomic E-state index is -0.397. The van der Waals surface area contributed by atoms with Crippen LogP contribution in [-0.4, -0.2) is 4.98 Å². The highest BCUT2D eigenvalue weighted by molar-refractivity contribution is 5.65. The van der Waals surface area contributed by atoms with Crippen molar-refractivity contribution in [1.29, 1.82) is 5.26 Å². The number of hydrogen-bond acceptors (Lipinski definition) is 3. The number of benzene rings is 1. The molecule has 0 saturated carbocycles. The summed E-state index contributed by atoms with van der Waals surface area (Å²) in [4.78, 5) is 3.88. The molecule has 2 N–H and O–H groups in total. The summed E-state index contributed by atoms with van der Waals surface area (Å²) in [5.74, 6) is -0.397. The van der Waals surface area contributed by atoms with Gasteiger partial charge in [-0.25, -0.2) is 9.37 Å². The fraction of sp³-hybridized carbons (Fsp3) is 0. The van der Waals surface area contributed by atoms with Crippen molar-refractivity contribution >= 4 is 5.69 Å². The highest BCUT2D eigenvalue weighted by atomic mass is 19.1. The van der Waals surface area contributed by atoms with Crippen LogP contribution in [0.4, 0.5) is 10.1 Å². The van der Waals surface area contributed by atoms with Crippen LogP contribution >= 0.6 is 0 Å². The van der Waals surface area contributed by atoms with E-state index in [1.807, 2.05) is 6.07 Å². The van der Waals surface area contributed by atoms with Crippen LogP contribution in [0.1, 0.15) is 5.69 Å². The number of nitrogens with zero attached hydrogens (tertiary/aromatic N) is 2. The van der Waals surface area contributed by atoms with Gasteiger partial charge in [-0.05, 0) is 30.3 Å². The predicted octanol–water partition coefficient (Wildman–Crippen LogP) is 2.34. The molecule has 16 heavy (non-hydrogen) atoms. The zero-order valence-corrected chi connectivity index (χ0v) is 8.31. The van der Waals surface area contributed by atoms with Crippen molar-refractivity contribution in [3.05, 3.63) is 48.0 Å². The molecular formula is C12H8FN3. The lowest BCUT2D eigenvalue weighted by atomic mass is 10.1. The van der Waals surface area contributed by atoms with Crippen LogP contribution in [0.5, 0.6) is 0 Å². The average molecular weight is 213 g/mol. The maximum absolute atomic E-state index is 13.5. The van der Waals surface area contributed by atoms with E-state index in [1.54, 1.807) is 24.3 Å². The quantitative estimate of drug-likeness (QED) is 0.739. The molecule has 3 nitrogen and oxygen atoms in total. The molecule has 0 spiro atoms. The third kappa shape index (κ3) is 1.84. The molecule has 0 aliphatic carbocycles. The standard InChI is InChI=1S/C12H8FN3/c13-12-5-9(15)2-4-11(12)8-1-3-10(6-14)16-7-8/h1-5,7H,15H2. The van der Waals surface area contributed by atoms with Crippen molar-refractivity contribution in [3.8, 4) is 17.2 Å². The van der Waals surface area contributed by atoms with Gasteiger partial charge in [0.2, 0.25) is 0 Å². The van der Waals surface area contributed by atoms with Crippen LogP contribution < -0.4 is 5.73 Å². The van der Waals surface area contributed by atoms with Gasteiger partial charge in [0.05, 0.1) is 0 Å². The normalized spacial score (nSPS) is 9.75. The van der Waals surface area contributed by atoms with Crippen molar-refractivity contribution in [2.75, 3.05) is 5.73 Å².